The second-order valence-corrected chi connectivity index (χ2v) is 4.91. The van der Waals surface area contributed by atoms with Crippen molar-refractivity contribution in [2.45, 2.75) is 0 Å². The Labute approximate surface area is 133 Å². The summed E-state index contributed by atoms with van der Waals surface area (Å²) in [7, 11) is 0. The summed E-state index contributed by atoms with van der Waals surface area (Å²) >= 11 is 17.4. The second-order valence-electron chi connectivity index (χ2n) is 3.75. The van der Waals surface area contributed by atoms with Crippen LogP contribution in [0.1, 0.15) is 21.0 Å². The zero-order valence-corrected chi connectivity index (χ0v) is 12.4. The number of hydrogen-bond donors (Lipinski definition) is 2. The molecule has 0 unspecified atom stereocenters. The van der Waals surface area contributed by atoms with E-state index < -0.39 is 11.9 Å². The number of carbonyl (C=O) groups excluding carboxylic acids is 1. The molecule has 108 valence electrons. The highest BCUT2D eigenvalue weighted by atomic mass is 35.5. The van der Waals surface area contributed by atoms with Crippen molar-refractivity contribution in [2.24, 2.45) is 0 Å². The fourth-order valence-electron chi connectivity index (χ4n) is 1.40. The maximum Gasteiger partial charge on any atom is 0.354 e. The monoisotopic (exact) mass is 345 g/mol. The van der Waals surface area contributed by atoms with Crippen molar-refractivity contribution in [3.63, 3.8) is 0 Å². The predicted molar refractivity (Wildman–Crippen MR) is 78.4 cm³/mol. The molecule has 0 saturated heterocycles. The van der Waals surface area contributed by atoms with Crippen LogP contribution in [0.5, 0.6) is 0 Å². The van der Waals surface area contributed by atoms with Crippen LogP contribution < -0.4 is 5.32 Å². The maximum absolute atomic E-state index is 12.0. The third kappa shape index (κ3) is 3.41. The zero-order valence-electron chi connectivity index (χ0n) is 10.1. The molecule has 0 fully saturated rings. The Morgan fingerprint density at radius 1 is 1.14 bits per heavy atom. The summed E-state index contributed by atoms with van der Waals surface area (Å²) < 4.78 is 0. The summed E-state index contributed by atoms with van der Waals surface area (Å²) in [4.78, 5) is 30.4. The molecule has 0 radical (unpaired) electrons. The van der Waals surface area contributed by atoms with Crippen molar-refractivity contribution in [3.8, 4) is 0 Å². The van der Waals surface area contributed by atoms with Crippen LogP contribution in [0.4, 0.5) is 5.82 Å². The minimum atomic E-state index is -1.21. The maximum atomic E-state index is 12.0. The van der Waals surface area contributed by atoms with Crippen LogP contribution in [0.15, 0.2) is 24.4 Å². The average molecular weight is 347 g/mol. The first-order chi connectivity index (χ1) is 9.90. The van der Waals surface area contributed by atoms with Crippen LogP contribution >= 0.6 is 34.8 Å². The minimum Gasteiger partial charge on any atom is -0.477 e. The van der Waals surface area contributed by atoms with Crippen molar-refractivity contribution in [2.75, 3.05) is 5.32 Å². The molecule has 6 nitrogen and oxygen atoms in total. The van der Waals surface area contributed by atoms with E-state index in [0.29, 0.717) is 0 Å². The molecule has 2 N–H and O–H groups in total. The molecule has 0 aliphatic heterocycles. The number of pyridine rings is 2. The van der Waals surface area contributed by atoms with Gasteiger partial charge < -0.3 is 10.4 Å². The molecule has 0 bridgehead atoms. The van der Waals surface area contributed by atoms with E-state index in [1.807, 2.05) is 0 Å². The van der Waals surface area contributed by atoms with E-state index in [2.05, 4.69) is 15.3 Å². The lowest BCUT2D eigenvalue weighted by Gasteiger charge is -2.07. The Hall–Kier alpha value is -1.89. The number of aromatic nitrogens is 2. The Bertz CT molecular complexity index is 737. The first-order valence-electron chi connectivity index (χ1n) is 5.41. The van der Waals surface area contributed by atoms with E-state index in [0.717, 1.165) is 0 Å². The molecule has 0 aliphatic carbocycles. The van der Waals surface area contributed by atoms with Gasteiger partial charge in [-0.05, 0) is 12.1 Å². The van der Waals surface area contributed by atoms with Gasteiger partial charge in [0.15, 0.2) is 5.69 Å². The van der Waals surface area contributed by atoms with E-state index in [1.54, 1.807) is 0 Å². The number of halogens is 3. The van der Waals surface area contributed by atoms with Gasteiger partial charge in [-0.15, -0.1) is 0 Å². The Kier molecular flexibility index (Phi) is 4.62. The molecule has 0 aromatic carbocycles. The van der Waals surface area contributed by atoms with Crippen LogP contribution in [-0.2, 0) is 0 Å². The highest BCUT2D eigenvalue weighted by Crippen LogP contribution is 2.31. The van der Waals surface area contributed by atoms with Gasteiger partial charge in [0.1, 0.15) is 11.5 Å². The molecular formula is C12H6Cl3N3O3. The molecule has 1 amide bonds. The van der Waals surface area contributed by atoms with Gasteiger partial charge in [-0.2, -0.15) is 0 Å². The van der Waals surface area contributed by atoms with Gasteiger partial charge >= 0.3 is 5.97 Å². The smallest absolute Gasteiger partial charge is 0.354 e. The number of nitrogens with zero attached hydrogens (tertiary/aromatic N) is 2. The summed E-state index contributed by atoms with van der Waals surface area (Å²) in [6, 6.07) is 4.16. The van der Waals surface area contributed by atoms with Gasteiger partial charge in [-0.1, -0.05) is 40.9 Å². The van der Waals surface area contributed by atoms with Gasteiger partial charge in [0.25, 0.3) is 5.91 Å². The zero-order chi connectivity index (χ0) is 15.6. The van der Waals surface area contributed by atoms with Crippen molar-refractivity contribution in [3.05, 3.63) is 50.9 Å². The molecule has 2 rings (SSSR count). The molecule has 2 aromatic heterocycles. The minimum absolute atomic E-state index is 0.00530. The lowest BCUT2D eigenvalue weighted by molar-refractivity contribution is 0.0690. The van der Waals surface area contributed by atoms with Gasteiger partial charge in [0.05, 0.1) is 15.1 Å². The lowest BCUT2D eigenvalue weighted by atomic mass is 10.3. The standard InChI is InChI=1S/C12H6Cl3N3O3/c13-5-4-16-10(9(15)8(5)14)11(19)18-7-3-1-2-6(17-7)12(20)21/h1-4H,(H,20,21)(H,17,18,19). The number of hydrogen-bond acceptors (Lipinski definition) is 4. The van der Waals surface area contributed by atoms with Gasteiger partial charge in [0.2, 0.25) is 0 Å². The number of carbonyl (C=O) groups is 2. The van der Waals surface area contributed by atoms with E-state index in [9.17, 15) is 9.59 Å². The van der Waals surface area contributed by atoms with E-state index in [4.69, 9.17) is 39.9 Å². The summed E-state index contributed by atoms with van der Waals surface area (Å²) in [5, 5.41) is 11.2. The molecule has 21 heavy (non-hydrogen) atoms. The van der Waals surface area contributed by atoms with Crippen LogP contribution in [0, 0.1) is 0 Å². The number of amides is 1. The van der Waals surface area contributed by atoms with E-state index in [1.165, 1.54) is 24.4 Å². The lowest BCUT2D eigenvalue weighted by Crippen LogP contribution is -2.16. The van der Waals surface area contributed by atoms with Crippen molar-refractivity contribution >= 4 is 52.5 Å². The Morgan fingerprint density at radius 2 is 1.86 bits per heavy atom. The molecule has 9 heteroatoms. The number of aromatic carboxylic acids is 1. The number of rotatable bonds is 3. The SMILES string of the molecule is O=C(O)c1cccc(NC(=O)c2ncc(Cl)c(Cl)c2Cl)n1. The predicted octanol–water partition coefficient (Wildman–Crippen LogP) is 3.39. The molecular weight excluding hydrogens is 341 g/mol. The fraction of sp³-hybridized carbons (Fsp3) is 0. The molecule has 0 aliphatic rings. The summed E-state index contributed by atoms with van der Waals surface area (Å²) in [5.74, 6) is -1.85. The molecule has 0 spiro atoms. The molecule has 0 saturated carbocycles. The van der Waals surface area contributed by atoms with Crippen molar-refractivity contribution < 1.29 is 14.7 Å². The highest BCUT2D eigenvalue weighted by Gasteiger charge is 2.18. The van der Waals surface area contributed by atoms with Crippen molar-refractivity contribution in [1.29, 1.82) is 0 Å². The number of anilines is 1. The van der Waals surface area contributed by atoms with Gasteiger partial charge in [0, 0.05) is 6.20 Å². The molecule has 2 aromatic rings. The average Bonchev–Trinajstić information content (AvgIpc) is 2.45. The largest absolute Gasteiger partial charge is 0.477 e. The van der Waals surface area contributed by atoms with Crippen molar-refractivity contribution in [1.82, 2.24) is 9.97 Å². The summed E-state index contributed by atoms with van der Waals surface area (Å²) in [5.41, 5.74) is -0.352. The van der Waals surface area contributed by atoms with Crippen LogP contribution in [0.25, 0.3) is 0 Å². The van der Waals surface area contributed by atoms with Gasteiger partial charge in [-0.3, -0.25) is 4.79 Å². The topological polar surface area (TPSA) is 92.2 Å². The number of nitrogens with one attached hydrogen (secondary N) is 1. The van der Waals surface area contributed by atoms with Crippen LogP contribution in [0.3, 0.4) is 0 Å². The summed E-state index contributed by atoms with van der Waals surface area (Å²) in [6.07, 6.45) is 1.19. The van der Waals surface area contributed by atoms with E-state index in [-0.39, 0.29) is 32.3 Å². The number of carboxylic acid groups (broad SMARTS) is 1. The third-order valence-corrected chi connectivity index (χ3v) is 3.58. The van der Waals surface area contributed by atoms with Crippen LogP contribution in [0.2, 0.25) is 15.1 Å². The highest BCUT2D eigenvalue weighted by molar-refractivity contribution is 6.49. The second kappa shape index (κ2) is 6.26. The fourth-order valence-corrected chi connectivity index (χ4v) is 1.97. The first-order valence-corrected chi connectivity index (χ1v) is 6.54. The quantitative estimate of drug-likeness (QED) is 0.888. The molecule has 0 atom stereocenters. The van der Waals surface area contributed by atoms with E-state index >= 15 is 0 Å². The van der Waals surface area contributed by atoms with Gasteiger partial charge in [-0.25, -0.2) is 14.8 Å². The molecule has 2 heterocycles. The third-order valence-electron chi connectivity index (χ3n) is 2.34. The summed E-state index contributed by atoms with van der Waals surface area (Å²) in [6.45, 7) is 0. The van der Waals surface area contributed by atoms with Crippen LogP contribution in [-0.4, -0.2) is 27.0 Å². The first kappa shape index (κ1) is 15.5. The number of carboxylic acids is 1. The normalized spacial score (nSPS) is 10.2. The Morgan fingerprint density at radius 3 is 2.52 bits per heavy atom. The Balaban J connectivity index is 2.28.